The van der Waals surface area contributed by atoms with Crippen molar-refractivity contribution < 1.29 is 27.4 Å². The summed E-state index contributed by atoms with van der Waals surface area (Å²) < 4.78 is 39.8. The second-order valence-electron chi connectivity index (χ2n) is 3.78. The number of benzene rings is 1. The molecule has 0 spiro atoms. The Morgan fingerprint density at radius 1 is 1.44 bits per heavy atom. The highest BCUT2D eigenvalue weighted by Gasteiger charge is 2.12. The van der Waals surface area contributed by atoms with E-state index in [-0.39, 0.29) is 30.1 Å². The van der Waals surface area contributed by atoms with Crippen LogP contribution in [0.15, 0.2) is 18.2 Å². The third kappa shape index (κ3) is 4.70. The second-order valence-corrected chi connectivity index (χ2v) is 6.04. The molecule has 1 aromatic carbocycles. The van der Waals surface area contributed by atoms with Gasteiger partial charge in [0.25, 0.3) is 0 Å². The molecular weight excluding hydrogens is 263 g/mol. The molecule has 1 aromatic rings. The van der Waals surface area contributed by atoms with Gasteiger partial charge < -0.3 is 9.84 Å². The molecule has 0 aromatic heterocycles. The second kappa shape index (κ2) is 5.81. The van der Waals surface area contributed by atoms with E-state index in [1.54, 1.807) is 0 Å². The van der Waals surface area contributed by atoms with Gasteiger partial charge in [-0.3, -0.25) is 0 Å². The maximum absolute atomic E-state index is 12.9. The molecule has 5 nitrogen and oxygen atoms in total. The van der Waals surface area contributed by atoms with E-state index in [1.165, 1.54) is 0 Å². The first kappa shape index (κ1) is 14.4. The number of carbonyl (C=O) groups is 1. The van der Waals surface area contributed by atoms with Crippen LogP contribution in [0.5, 0.6) is 5.75 Å². The van der Waals surface area contributed by atoms with Gasteiger partial charge in [0.1, 0.15) is 27.0 Å². The van der Waals surface area contributed by atoms with Crippen LogP contribution in [0.4, 0.5) is 4.39 Å². The van der Waals surface area contributed by atoms with Gasteiger partial charge in [-0.1, -0.05) is 0 Å². The zero-order valence-corrected chi connectivity index (χ0v) is 10.5. The fourth-order valence-electron chi connectivity index (χ4n) is 1.30. The summed E-state index contributed by atoms with van der Waals surface area (Å²) in [5.41, 5.74) is -0.157. The van der Waals surface area contributed by atoms with E-state index >= 15 is 0 Å². The predicted molar refractivity (Wildman–Crippen MR) is 63.2 cm³/mol. The summed E-state index contributed by atoms with van der Waals surface area (Å²) in [5.74, 6) is -2.01. The average Bonchev–Trinajstić information content (AvgIpc) is 2.22. The van der Waals surface area contributed by atoms with Crippen molar-refractivity contribution in [3.05, 3.63) is 29.6 Å². The molecule has 0 saturated heterocycles. The summed E-state index contributed by atoms with van der Waals surface area (Å²) in [6.45, 7) is 0.0107. The Balaban J connectivity index is 2.66. The summed E-state index contributed by atoms with van der Waals surface area (Å²) >= 11 is 0. The number of aromatic carboxylic acids is 1. The zero-order valence-electron chi connectivity index (χ0n) is 9.72. The highest BCUT2D eigenvalue weighted by Crippen LogP contribution is 2.20. The summed E-state index contributed by atoms with van der Waals surface area (Å²) in [4.78, 5) is 10.8. The van der Waals surface area contributed by atoms with Gasteiger partial charge in [0.2, 0.25) is 0 Å². The number of sulfone groups is 1. The first-order valence-electron chi connectivity index (χ1n) is 5.13. The van der Waals surface area contributed by atoms with Crippen LogP contribution in [0.3, 0.4) is 0 Å². The minimum absolute atomic E-state index is 0.0107. The van der Waals surface area contributed by atoms with Crippen molar-refractivity contribution in [2.24, 2.45) is 0 Å². The summed E-state index contributed by atoms with van der Waals surface area (Å²) in [6, 6.07) is 3.08. The highest BCUT2D eigenvalue weighted by molar-refractivity contribution is 7.90. The van der Waals surface area contributed by atoms with Crippen molar-refractivity contribution in [1.29, 1.82) is 0 Å². The first-order chi connectivity index (χ1) is 8.29. The molecule has 0 amide bonds. The highest BCUT2D eigenvalue weighted by atomic mass is 32.2. The molecule has 100 valence electrons. The van der Waals surface area contributed by atoms with Crippen LogP contribution in [-0.4, -0.2) is 38.1 Å². The molecular formula is C11H13FO5S. The van der Waals surface area contributed by atoms with Crippen LogP contribution in [0.1, 0.15) is 16.8 Å². The number of hydrogen-bond acceptors (Lipinski definition) is 4. The number of hydrogen-bond donors (Lipinski definition) is 1. The Bertz CT molecular complexity index is 538. The van der Waals surface area contributed by atoms with Crippen LogP contribution in [0.25, 0.3) is 0 Å². The molecule has 0 atom stereocenters. The third-order valence-electron chi connectivity index (χ3n) is 2.09. The molecule has 0 aliphatic rings. The van der Waals surface area contributed by atoms with Crippen molar-refractivity contribution in [1.82, 2.24) is 0 Å². The fourth-order valence-corrected chi connectivity index (χ4v) is 1.94. The lowest BCUT2D eigenvalue weighted by molar-refractivity contribution is 0.0692. The SMILES string of the molecule is CS(=O)(=O)CCCOc1cc(F)ccc1C(=O)O. The minimum Gasteiger partial charge on any atom is -0.493 e. The molecule has 0 aliphatic carbocycles. The lowest BCUT2D eigenvalue weighted by Gasteiger charge is -2.08. The lowest BCUT2D eigenvalue weighted by Crippen LogP contribution is -2.10. The maximum Gasteiger partial charge on any atom is 0.339 e. The molecule has 0 heterocycles. The standard InChI is InChI=1S/C11H13FO5S/c1-18(15,16)6-2-5-17-10-7-8(12)3-4-9(10)11(13)14/h3-4,7H,2,5-6H2,1H3,(H,13,14). The van der Waals surface area contributed by atoms with Crippen molar-refractivity contribution >= 4 is 15.8 Å². The smallest absolute Gasteiger partial charge is 0.339 e. The van der Waals surface area contributed by atoms with Gasteiger partial charge in [-0.2, -0.15) is 0 Å². The van der Waals surface area contributed by atoms with Crippen molar-refractivity contribution in [2.45, 2.75) is 6.42 Å². The van der Waals surface area contributed by atoms with Gasteiger partial charge in [0.05, 0.1) is 12.4 Å². The van der Waals surface area contributed by atoms with Gasteiger partial charge in [0.15, 0.2) is 0 Å². The topological polar surface area (TPSA) is 80.7 Å². The Labute approximate surface area is 104 Å². The Kier molecular flexibility index (Phi) is 4.66. The average molecular weight is 276 g/mol. The Hall–Kier alpha value is -1.63. The fraction of sp³-hybridized carbons (Fsp3) is 0.364. The Morgan fingerprint density at radius 3 is 2.67 bits per heavy atom. The third-order valence-corrected chi connectivity index (χ3v) is 3.12. The lowest BCUT2D eigenvalue weighted by atomic mass is 10.2. The quantitative estimate of drug-likeness (QED) is 0.793. The summed E-state index contributed by atoms with van der Waals surface area (Å²) in [7, 11) is -3.08. The number of carboxylic acid groups (broad SMARTS) is 1. The molecule has 1 rings (SSSR count). The normalized spacial score (nSPS) is 11.2. The van der Waals surface area contributed by atoms with E-state index in [9.17, 15) is 17.6 Å². The number of ether oxygens (including phenoxy) is 1. The van der Waals surface area contributed by atoms with E-state index in [4.69, 9.17) is 9.84 Å². The number of carboxylic acids is 1. The Morgan fingerprint density at radius 2 is 2.11 bits per heavy atom. The molecule has 0 bridgehead atoms. The maximum atomic E-state index is 12.9. The molecule has 0 saturated carbocycles. The van der Waals surface area contributed by atoms with E-state index in [0.717, 1.165) is 24.5 Å². The zero-order chi connectivity index (χ0) is 13.8. The molecule has 7 heteroatoms. The van der Waals surface area contributed by atoms with E-state index < -0.39 is 21.6 Å². The molecule has 0 aliphatic heterocycles. The van der Waals surface area contributed by atoms with Gasteiger partial charge in [-0.25, -0.2) is 17.6 Å². The number of rotatable bonds is 6. The minimum atomic E-state index is -3.08. The van der Waals surface area contributed by atoms with Crippen LogP contribution in [0, 0.1) is 5.82 Å². The van der Waals surface area contributed by atoms with Crippen LogP contribution < -0.4 is 4.74 Å². The molecule has 1 N–H and O–H groups in total. The molecule has 0 unspecified atom stereocenters. The van der Waals surface area contributed by atoms with Crippen LogP contribution in [-0.2, 0) is 9.84 Å². The van der Waals surface area contributed by atoms with Crippen LogP contribution >= 0.6 is 0 Å². The largest absolute Gasteiger partial charge is 0.493 e. The summed E-state index contributed by atoms with van der Waals surface area (Å²) in [5, 5.41) is 8.84. The number of halogens is 1. The van der Waals surface area contributed by atoms with Gasteiger partial charge in [0, 0.05) is 12.3 Å². The van der Waals surface area contributed by atoms with Crippen molar-refractivity contribution in [2.75, 3.05) is 18.6 Å². The predicted octanol–water partition coefficient (Wildman–Crippen LogP) is 1.34. The first-order valence-corrected chi connectivity index (χ1v) is 7.19. The van der Waals surface area contributed by atoms with Crippen molar-refractivity contribution in [3.8, 4) is 5.75 Å². The van der Waals surface area contributed by atoms with E-state index in [1.807, 2.05) is 0 Å². The van der Waals surface area contributed by atoms with Gasteiger partial charge in [-0.15, -0.1) is 0 Å². The van der Waals surface area contributed by atoms with E-state index in [0.29, 0.717) is 0 Å². The molecule has 18 heavy (non-hydrogen) atoms. The van der Waals surface area contributed by atoms with Gasteiger partial charge in [-0.05, 0) is 18.6 Å². The van der Waals surface area contributed by atoms with Crippen LogP contribution in [0.2, 0.25) is 0 Å². The van der Waals surface area contributed by atoms with Crippen molar-refractivity contribution in [3.63, 3.8) is 0 Å². The molecule has 0 fully saturated rings. The van der Waals surface area contributed by atoms with E-state index in [2.05, 4.69) is 0 Å². The summed E-state index contributed by atoms with van der Waals surface area (Å²) in [6.07, 6.45) is 1.31. The molecule has 0 radical (unpaired) electrons. The van der Waals surface area contributed by atoms with Gasteiger partial charge >= 0.3 is 5.97 Å². The monoisotopic (exact) mass is 276 g/mol.